The number of carbonyl (C=O) groups excluding carboxylic acids is 1. The van der Waals surface area contributed by atoms with Crippen molar-refractivity contribution in [1.29, 1.82) is 0 Å². The van der Waals surface area contributed by atoms with Crippen molar-refractivity contribution in [2.45, 2.75) is 51.5 Å². The molecule has 142 valence electrons. The number of nitrogens with zero attached hydrogens (tertiary/aromatic N) is 1. The second-order valence-corrected chi connectivity index (χ2v) is 7.14. The normalized spacial score (nSPS) is 18.2. The van der Waals surface area contributed by atoms with Gasteiger partial charge in [0.1, 0.15) is 11.3 Å². The number of rotatable bonds is 8. The highest BCUT2D eigenvalue weighted by Gasteiger charge is 2.22. The van der Waals surface area contributed by atoms with Crippen LogP contribution in [0.1, 0.15) is 44.6 Å². The molecule has 1 saturated heterocycles. The van der Waals surface area contributed by atoms with Gasteiger partial charge in [0.25, 0.3) is 0 Å². The van der Waals surface area contributed by atoms with Gasteiger partial charge in [-0.1, -0.05) is 19.8 Å². The van der Waals surface area contributed by atoms with E-state index in [1.807, 2.05) is 18.2 Å². The minimum absolute atomic E-state index is 0.0598. The van der Waals surface area contributed by atoms with Crippen LogP contribution in [0, 0.1) is 0 Å². The number of nitrogens with one attached hydrogen (secondary N) is 1. The van der Waals surface area contributed by atoms with Gasteiger partial charge in [-0.2, -0.15) is 0 Å². The zero-order valence-corrected chi connectivity index (χ0v) is 15.9. The molecule has 0 spiro atoms. The lowest BCUT2D eigenvalue weighted by Gasteiger charge is -2.35. The summed E-state index contributed by atoms with van der Waals surface area (Å²) in [7, 11) is 1.63. The Balaban J connectivity index is 1.55. The molecule has 1 aromatic carbocycles. The van der Waals surface area contributed by atoms with E-state index in [1.165, 1.54) is 32.1 Å². The summed E-state index contributed by atoms with van der Waals surface area (Å²) in [4.78, 5) is 15.0. The monoisotopic (exact) mass is 358 g/mol. The fraction of sp³-hybridized carbons (Fsp3) is 0.571. The lowest BCUT2D eigenvalue weighted by molar-refractivity contribution is -0.120. The first-order valence-corrected chi connectivity index (χ1v) is 9.76. The fourth-order valence-corrected chi connectivity index (χ4v) is 3.74. The molecular formula is C21H30N2O3. The Hall–Kier alpha value is -2.01. The van der Waals surface area contributed by atoms with Gasteiger partial charge in [0.15, 0.2) is 0 Å². The van der Waals surface area contributed by atoms with E-state index in [4.69, 9.17) is 9.15 Å². The summed E-state index contributed by atoms with van der Waals surface area (Å²) in [5.41, 5.74) is 1.68. The number of furan rings is 1. The third-order valence-corrected chi connectivity index (χ3v) is 5.30. The Labute approximate surface area is 155 Å². The average molecular weight is 358 g/mol. The topological polar surface area (TPSA) is 54.7 Å². The van der Waals surface area contributed by atoms with Crippen LogP contribution >= 0.6 is 0 Å². The zero-order chi connectivity index (χ0) is 18.4. The van der Waals surface area contributed by atoms with Gasteiger partial charge in [0.05, 0.1) is 19.8 Å². The quantitative estimate of drug-likeness (QED) is 0.781. The number of unbranched alkanes of at least 4 members (excludes halogenated alkanes) is 1. The van der Waals surface area contributed by atoms with E-state index in [-0.39, 0.29) is 5.91 Å². The summed E-state index contributed by atoms with van der Waals surface area (Å²) in [6.07, 6.45) is 8.19. The van der Waals surface area contributed by atoms with Gasteiger partial charge >= 0.3 is 0 Å². The van der Waals surface area contributed by atoms with Crippen LogP contribution in [0.2, 0.25) is 0 Å². The first kappa shape index (κ1) is 18.8. The van der Waals surface area contributed by atoms with Crippen LogP contribution in [0.5, 0.6) is 5.75 Å². The minimum atomic E-state index is 0.0598. The lowest BCUT2D eigenvalue weighted by Crippen LogP contribution is -2.47. The number of fused-ring (bicyclic) bond motifs is 1. The molecule has 1 N–H and O–H groups in total. The number of ether oxygens (including phenoxy) is 1. The minimum Gasteiger partial charge on any atom is -0.497 e. The van der Waals surface area contributed by atoms with Crippen LogP contribution in [0.25, 0.3) is 11.0 Å². The van der Waals surface area contributed by atoms with E-state index in [1.54, 1.807) is 13.4 Å². The number of carbonyl (C=O) groups is 1. The third kappa shape index (κ3) is 4.58. The third-order valence-electron chi connectivity index (χ3n) is 5.30. The standard InChI is InChI=1S/C21H30N2O3/c1-3-4-10-23-11-6-5-7-17(23)14-22-21(24)12-16-15-26-20-13-18(25-2)8-9-19(16)20/h8-9,13,15,17H,3-7,10-12,14H2,1-2H3,(H,22,24). The molecule has 2 heterocycles. The first-order valence-electron chi connectivity index (χ1n) is 9.76. The summed E-state index contributed by atoms with van der Waals surface area (Å²) >= 11 is 0. The van der Waals surface area contributed by atoms with Gasteiger partial charge < -0.3 is 14.5 Å². The number of piperidine rings is 1. The summed E-state index contributed by atoms with van der Waals surface area (Å²) in [6.45, 7) is 5.28. The van der Waals surface area contributed by atoms with Crippen LogP contribution < -0.4 is 10.1 Å². The van der Waals surface area contributed by atoms with E-state index in [2.05, 4.69) is 17.1 Å². The number of methoxy groups -OCH3 is 1. The highest BCUT2D eigenvalue weighted by Crippen LogP contribution is 2.26. The summed E-state index contributed by atoms with van der Waals surface area (Å²) in [5.74, 6) is 0.817. The van der Waals surface area contributed by atoms with Gasteiger partial charge in [0, 0.05) is 29.6 Å². The molecule has 0 aliphatic carbocycles. The number of likely N-dealkylation sites (tertiary alicyclic amines) is 1. The number of hydrogen-bond donors (Lipinski definition) is 1. The van der Waals surface area contributed by atoms with E-state index >= 15 is 0 Å². The van der Waals surface area contributed by atoms with Crippen LogP contribution in [-0.2, 0) is 11.2 Å². The summed E-state index contributed by atoms with van der Waals surface area (Å²) in [5, 5.41) is 4.11. The molecule has 1 fully saturated rings. The van der Waals surface area contributed by atoms with Crippen molar-refractivity contribution in [3.8, 4) is 5.75 Å². The lowest BCUT2D eigenvalue weighted by atomic mass is 10.0. The van der Waals surface area contributed by atoms with Gasteiger partial charge in [-0.15, -0.1) is 0 Å². The Morgan fingerprint density at radius 2 is 2.27 bits per heavy atom. The zero-order valence-electron chi connectivity index (χ0n) is 15.9. The summed E-state index contributed by atoms with van der Waals surface area (Å²) in [6, 6.07) is 6.18. The van der Waals surface area contributed by atoms with Crippen molar-refractivity contribution < 1.29 is 13.9 Å². The second-order valence-electron chi connectivity index (χ2n) is 7.14. The molecule has 5 nitrogen and oxygen atoms in total. The highest BCUT2D eigenvalue weighted by atomic mass is 16.5. The van der Waals surface area contributed by atoms with Gasteiger partial charge in [0.2, 0.25) is 5.91 Å². The first-order chi connectivity index (χ1) is 12.7. The number of benzene rings is 1. The maximum atomic E-state index is 12.4. The highest BCUT2D eigenvalue weighted by molar-refractivity contribution is 5.88. The van der Waals surface area contributed by atoms with E-state index < -0.39 is 0 Å². The van der Waals surface area contributed by atoms with Crippen LogP contribution in [0.3, 0.4) is 0 Å². The number of amides is 1. The Kier molecular flexibility index (Phi) is 6.56. The molecule has 1 amide bonds. The fourth-order valence-electron chi connectivity index (χ4n) is 3.74. The Bertz CT molecular complexity index is 725. The van der Waals surface area contributed by atoms with Gasteiger partial charge in [-0.25, -0.2) is 0 Å². The largest absolute Gasteiger partial charge is 0.497 e. The smallest absolute Gasteiger partial charge is 0.224 e. The van der Waals surface area contributed by atoms with Crippen molar-refractivity contribution >= 4 is 16.9 Å². The molecule has 1 unspecified atom stereocenters. The molecule has 26 heavy (non-hydrogen) atoms. The van der Waals surface area contributed by atoms with E-state index in [0.717, 1.165) is 41.9 Å². The SMILES string of the molecule is CCCCN1CCCCC1CNC(=O)Cc1coc2cc(OC)ccc12. The van der Waals surface area contributed by atoms with Crippen LogP contribution in [-0.4, -0.2) is 43.6 Å². The van der Waals surface area contributed by atoms with Crippen LogP contribution in [0.4, 0.5) is 0 Å². The molecule has 2 aromatic rings. The predicted octanol–water partition coefficient (Wildman–Crippen LogP) is 3.75. The molecule has 1 aromatic heterocycles. The molecule has 1 atom stereocenters. The predicted molar refractivity (Wildman–Crippen MR) is 104 cm³/mol. The molecule has 0 saturated carbocycles. The maximum absolute atomic E-state index is 12.4. The van der Waals surface area contributed by atoms with Crippen molar-refractivity contribution in [2.75, 3.05) is 26.7 Å². The summed E-state index contributed by atoms with van der Waals surface area (Å²) < 4.78 is 10.8. The van der Waals surface area contributed by atoms with Gasteiger partial charge in [-0.05, 0) is 44.5 Å². The van der Waals surface area contributed by atoms with E-state index in [0.29, 0.717) is 12.5 Å². The maximum Gasteiger partial charge on any atom is 0.224 e. The second kappa shape index (κ2) is 9.08. The van der Waals surface area contributed by atoms with E-state index in [9.17, 15) is 4.79 Å². The average Bonchev–Trinajstić information content (AvgIpc) is 3.07. The Morgan fingerprint density at radius 3 is 3.08 bits per heavy atom. The van der Waals surface area contributed by atoms with Crippen molar-refractivity contribution in [2.24, 2.45) is 0 Å². The molecule has 5 heteroatoms. The molecule has 3 rings (SSSR count). The van der Waals surface area contributed by atoms with Gasteiger partial charge in [-0.3, -0.25) is 9.69 Å². The van der Waals surface area contributed by atoms with Crippen molar-refractivity contribution in [3.05, 3.63) is 30.0 Å². The van der Waals surface area contributed by atoms with Crippen LogP contribution in [0.15, 0.2) is 28.9 Å². The molecule has 0 radical (unpaired) electrons. The molecule has 0 bridgehead atoms. The molecule has 1 aliphatic rings. The van der Waals surface area contributed by atoms with Crippen molar-refractivity contribution in [3.63, 3.8) is 0 Å². The van der Waals surface area contributed by atoms with Crippen molar-refractivity contribution in [1.82, 2.24) is 10.2 Å². The number of hydrogen-bond acceptors (Lipinski definition) is 4. The molecule has 1 aliphatic heterocycles. The Morgan fingerprint density at radius 1 is 1.38 bits per heavy atom. The molecular weight excluding hydrogens is 328 g/mol.